The van der Waals surface area contributed by atoms with Gasteiger partial charge in [-0.2, -0.15) is 0 Å². The van der Waals surface area contributed by atoms with Gasteiger partial charge >= 0.3 is 0 Å². The smallest absolute Gasteiger partial charge is 0.261 e. The Morgan fingerprint density at radius 2 is 1.92 bits per heavy atom. The van der Waals surface area contributed by atoms with Crippen LogP contribution in [0, 0.1) is 0 Å². The molecule has 0 fully saturated rings. The molecule has 2 aromatic rings. The molecule has 0 saturated heterocycles. The van der Waals surface area contributed by atoms with Crippen LogP contribution in [0.4, 0.5) is 0 Å². The fourth-order valence-electron chi connectivity index (χ4n) is 3.83. The number of hydrogen-bond donors (Lipinski definition) is 1. The van der Waals surface area contributed by atoms with Gasteiger partial charge in [0.05, 0.1) is 0 Å². The van der Waals surface area contributed by atoms with E-state index in [0.29, 0.717) is 17.2 Å². The molecule has 1 atom stereocenters. The van der Waals surface area contributed by atoms with Crippen LogP contribution in [0.1, 0.15) is 25.8 Å². The minimum atomic E-state index is -1.05. The highest BCUT2D eigenvalue weighted by molar-refractivity contribution is 6.30. The van der Waals surface area contributed by atoms with Gasteiger partial charge in [-0.15, -0.1) is 0 Å². The molecule has 0 aromatic heterocycles. The molecular weight excluding hydrogens is 350 g/mol. The zero-order valence-corrected chi connectivity index (χ0v) is 15.7. The monoisotopic (exact) mass is 369 g/mol. The fourth-order valence-corrected chi connectivity index (χ4v) is 4.02. The lowest BCUT2D eigenvalue weighted by molar-refractivity contribution is -0.133. The average Bonchev–Trinajstić information content (AvgIpc) is 2.78. The van der Waals surface area contributed by atoms with Gasteiger partial charge in [0.25, 0.3) is 5.91 Å². The highest BCUT2D eigenvalue weighted by Crippen LogP contribution is 2.49. The maximum atomic E-state index is 13.1. The standard InChI is InChI=1S/C20H20ClN3O2/c1-19(2)11-20(17(25)24(3)18(22)23-20)15-10-13(7-8-16(15)26-19)12-5-4-6-14(21)9-12/h4-10H,11H2,1-3H3,(H2,22,23). The van der Waals surface area contributed by atoms with E-state index in [4.69, 9.17) is 22.1 Å². The summed E-state index contributed by atoms with van der Waals surface area (Å²) in [6.45, 7) is 3.92. The quantitative estimate of drug-likeness (QED) is 0.835. The number of fused-ring (bicyclic) bond motifs is 2. The van der Waals surface area contributed by atoms with Crippen molar-refractivity contribution in [3.8, 4) is 16.9 Å². The molecule has 1 unspecified atom stereocenters. The Bertz CT molecular complexity index is 954. The minimum absolute atomic E-state index is 0.129. The van der Waals surface area contributed by atoms with Crippen molar-refractivity contribution in [2.45, 2.75) is 31.4 Å². The highest BCUT2D eigenvalue weighted by atomic mass is 35.5. The van der Waals surface area contributed by atoms with E-state index in [1.165, 1.54) is 4.90 Å². The van der Waals surface area contributed by atoms with Crippen molar-refractivity contribution in [2.24, 2.45) is 10.7 Å². The molecule has 134 valence electrons. The Balaban J connectivity index is 1.93. The molecular formula is C20H20ClN3O2. The van der Waals surface area contributed by atoms with E-state index < -0.39 is 11.1 Å². The molecule has 6 heteroatoms. The number of benzene rings is 2. The SMILES string of the molecule is CN1C(=O)C2(CC(C)(C)Oc3ccc(-c4cccc(Cl)c4)cc32)N=C1N. The summed E-state index contributed by atoms with van der Waals surface area (Å²) < 4.78 is 6.13. The second-order valence-corrected chi connectivity index (χ2v) is 7.89. The first-order valence-electron chi connectivity index (χ1n) is 8.45. The van der Waals surface area contributed by atoms with Gasteiger partial charge in [0.2, 0.25) is 0 Å². The van der Waals surface area contributed by atoms with Gasteiger partial charge < -0.3 is 10.5 Å². The lowest BCUT2D eigenvalue weighted by Gasteiger charge is -2.41. The summed E-state index contributed by atoms with van der Waals surface area (Å²) in [5.74, 6) is 0.759. The number of guanidine groups is 1. The van der Waals surface area contributed by atoms with E-state index in [0.717, 1.165) is 16.7 Å². The molecule has 2 N–H and O–H groups in total. The van der Waals surface area contributed by atoms with Crippen LogP contribution in [-0.2, 0) is 10.3 Å². The largest absolute Gasteiger partial charge is 0.487 e. The van der Waals surface area contributed by atoms with Crippen molar-refractivity contribution in [1.82, 2.24) is 4.90 Å². The summed E-state index contributed by atoms with van der Waals surface area (Å²) in [5, 5.41) is 0.659. The van der Waals surface area contributed by atoms with Crippen LogP contribution in [0.3, 0.4) is 0 Å². The summed E-state index contributed by atoms with van der Waals surface area (Å²) in [6, 6.07) is 13.4. The first-order chi connectivity index (χ1) is 12.2. The van der Waals surface area contributed by atoms with E-state index >= 15 is 0 Å². The fraction of sp³-hybridized carbons (Fsp3) is 0.300. The number of ether oxygens (including phenoxy) is 1. The second kappa shape index (κ2) is 5.48. The van der Waals surface area contributed by atoms with E-state index in [1.54, 1.807) is 7.05 Å². The van der Waals surface area contributed by atoms with Crippen LogP contribution >= 0.6 is 11.6 Å². The van der Waals surface area contributed by atoms with E-state index in [1.807, 2.05) is 56.3 Å². The number of carbonyl (C=O) groups excluding carboxylic acids is 1. The molecule has 0 saturated carbocycles. The van der Waals surface area contributed by atoms with Crippen molar-refractivity contribution < 1.29 is 9.53 Å². The molecule has 5 nitrogen and oxygen atoms in total. The maximum Gasteiger partial charge on any atom is 0.261 e. The van der Waals surface area contributed by atoms with Crippen molar-refractivity contribution in [2.75, 3.05) is 7.05 Å². The van der Waals surface area contributed by atoms with Crippen LogP contribution in [-0.4, -0.2) is 29.4 Å². The number of hydrogen-bond acceptors (Lipinski definition) is 4. The molecule has 4 rings (SSSR count). The van der Waals surface area contributed by atoms with Gasteiger partial charge in [0.15, 0.2) is 11.5 Å². The number of nitrogens with two attached hydrogens (primary N) is 1. The second-order valence-electron chi connectivity index (χ2n) is 7.45. The number of amides is 1. The molecule has 0 bridgehead atoms. The Morgan fingerprint density at radius 1 is 1.19 bits per heavy atom. The number of carbonyl (C=O) groups is 1. The third-order valence-electron chi connectivity index (χ3n) is 4.96. The highest BCUT2D eigenvalue weighted by Gasteiger charge is 2.55. The van der Waals surface area contributed by atoms with Gasteiger partial charge in [0, 0.05) is 24.1 Å². The van der Waals surface area contributed by atoms with Crippen molar-refractivity contribution >= 4 is 23.5 Å². The third kappa shape index (κ3) is 2.46. The van der Waals surface area contributed by atoms with E-state index in [9.17, 15) is 4.79 Å². The summed E-state index contributed by atoms with van der Waals surface area (Å²) in [5.41, 5.74) is 7.06. The number of rotatable bonds is 1. The van der Waals surface area contributed by atoms with Crippen LogP contribution < -0.4 is 10.5 Å². The third-order valence-corrected chi connectivity index (χ3v) is 5.19. The molecule has 1 amide bonds. The number of likely N-dealkylation sites (N-methyl/N-ethyl adjacent to an activating group) is 1. The molecule has 2 aliphatic rings. The van der Waals surface area contributed by atoms with E-state index in [-0.39, 0.29) is 11.9 Å². The van der Waals surface area contributed by atoms with Gasteiger partial charge in [-0.1, -0.05) is 29.8 Å². The maximum absolute atomic E-state index is 13.1. The summed E-state index contributed by atoms with van der Waals surface area (Å²) in [6.07, 6.45) is 0.426. The number of nitrogens with zero attached hydrogens (tertiary/aromatic N) is 2. The van der Waals surface area contributed by atoms with Gasteiger partial charge in [-0.3, -0.25) is 9.69 Å². The van der Waals surface area contributed by atoms with Crippen molar-refractivity contribution in [3.63, 3.8) is 0 Å². The Kier molecular flexibility index (Phi) is 3.57. The molecule has 0 radical (unpaired) electrons. The lowest BCUT2D eigenvalue weighted by Crippen LogP contribution is -2.49. The average molecular weight is 370 g/mol. The van der Waals surface area contributed by atoms with Crippen LogP contribution in [0.2, 0.25) is 5.02 Å². The topological polar surface area (TPSA) is 67.9 Å². The van der Waals surface area contributed by atoms with Crippen LogP contribution in [0.15, 0.2) is 47.5 Å². The van der Waals surface area contributed by atoms with E-state index in [2.05, 4.69) is 4.99 Å². The summed E-state index contributed by atoms with van der Waals surface area (Å²) in [7, 11) is 1.65. The molecule has 2 heterocycles. The molecule has 26 heavy (non-hydrogen) atoms. The summed E-state index contributed by atoms with van der Waals surface area (Å²) in [4.78, 5) is 19.1. The zero-order valence-electron chi connectivity index (χ0n) is 14.9. The molecule has 2 aromatic carbocycles. The predicted molar refractivity (Wildman–Crippen MR) is 102 cm³/mol. The number of aliphatic imine (C=N–C) groups is 1. The Morgan fingerprint density at radius 3 is 2.58 bits per heavy atom. The number of halogens is 1. The first kappa shape index (κ1) is 16.9. The van der Waals surface area contributed by atoms with Gasteiger partial charge in [-0.25, -0.2) is 4.99 Å². The molecule has 1 spiro atoms. The summed E-state index contributed by atoms with van der Waals surface area (Å²) >= 11 is 6.13. The molecule has 0 aliphatic carbocycles. The first-order valence-corrected chi connectivity index (χ1v) is 8.83. The Hall–Kier alpha value is -2.53. The Labute approximate surface area is 157 Å². The van der Waals surface area contributed by atoms with Crippen LogP contribution in [0.5, 0.6) is 5.75 Å². The molecule has 2 aliphatic heterocycles. The lowest BCUT2D eigenvalue weighted by atomic mass is 9.77. The van der Waals surface area contributed by atoms with Crippen LogP contribution in [0.25, 0.3) is 11.1 Å². The van der Waals surface area contributed by atoms with Gasteiger partial charge in [0.1, 0.15) is 11.4 Å². The van der Waals surface area contributed by atoms with Crippen molar-refractivity contribution in [3.05, 3.63) is 53.1 Å². The van der Waals surface area contributed by atoms with Gasteiger partial charge in [-0.05, 0) is 49.2 Å². The minimum Gasteiger partial charge on any atom is -0.487 e. The van der Waals surface area contributed by atoms with Crippen molar-refractivity contribution in [1.29, 1.82) is 0 Å². The predicted octanol–water partition coefficient (Wildman–Crippen LogP) is 3.55. The zero-order chi connectivity index (χ0) is 18.7. The normalized spacial score (nSPS) is 23.6.